The molecule has 5 rings (SSSR count). The standard InChI is InChI=1S/C29H30ClN5O3/c1-34-12-14-35(15-13-34)18-26(36)32-23-11-9-21(17-25(23)38-2)31-28(19-6-4-3-5-7-19)27-22-10-8-20(30)16-24(22)33-29(27)37/h3-11,16-17,31H,12-15,18H2,1-2H3,(H,32,36)(H,33,37). The summed E-state index contributed by atoms with van der Waals surface area (Å²) >= 11 is 6.16. The van der Waals surface area contributed by atoms with E-state index in [2.05, 4.69) is 32.8 Å². The normalized spacial score (nSPS) is 17.0. The Kier molecular flexibility index (Phi) is 7.64. The van der Waals surface area contributed by atoms with E-state index in [4.69, 9.17) is 16.3 Å². The molecule has 0 radical (unpaired) electrons. The molecule has 9 heteroatoms. The summed E-state index contributed by atoms with van der Waals surface area (Å²) in [5.74, 6) is 0.217. The Bertz CT molecular complexity index is 1380. The summed E-state index contributed by atoms with van der Waals surface area (Å²) in [5.41, 5.74) is 4.76. The number of hydrogen-bond donors (Lipinski definition) is 3. The lowest BCUT2D eigenvalue weighted by atomic mass is 10.00. The maximum atomic E-state index is 13.1. The van der Waals surface area contributed by atoms with Crippen LogP contribution in [0, 0.1) is 0 Å². The van der Waals surface area contributed by atoms with E-state index in [-0.39, 0.29) is 11.8 Å². The summed E-state index contributed by atoms with van der Waals surface area (Å²) < 4.78 is 5.61. The number of rotatable bonds is 7. The summed E-state index contributed by atoms with van der Waals surface area (Å²) in [4.78, 5) is 30.2. The zero-order valence-electron chi connectivity index (χ0n) is 21.4. The first-order valence-electron chi connectivity index (χ1n) is 12.5. The SMILES string of the molecule is COc1cc(NC(=C2C(=O)Nc3cc(Cl)ccc32)c2ccccc2)ccc1NC(=O)CN1CCN(C)CC1. The van der Waals surface area contributed by atoms with Gasteiger partial charge in [0.25, 0.3) is 5.91 Å². The molecule has 0 bridgehead atoms. The van der Waals surface area contributed by atoms with Gasteiger partial charge in [0.1, 0.15) is 5.75 Å². The van der Waals surface area contributed by atoms with E-state index in [9.17, 15) is 9.59 Å². The van der Waals surface area contributed by atoms with E-state index in [1.54, 1.807) is 25.3 Å². The predicted molar refractivity (Wildman–Crippen MR) is 153 cm³/mol. The molecule has 0 unspecified atom stereocenters. The number of amides is 2. The van der Waals surface area contributed by atoms with Gasteiger partial charge in [-0.2, -0.15) is 0 Å². The van der Waals surface area contributed by atoms with Gasteiger partial charge in [0, 0.05) is 48.5 Å². The number of piperazine rings is 1. The first-order valence-corrected chi connectivity index (χ1v) is 12.9. The number of carbonyl (C=O) groups excluding carboxylic acids is 2. The number of nitrogens with one attached hydrogen (secondary N) is 3. The van der Waals surface area contributed by atoms with Gasteiger partial charge in [-0.3, -0.25) is 14.5 Å². The highest BCUT2D eigenvalue weighted by atomic mass is 35.5. The van der Waals surface area contributed by atoms with Gasteiger partial charge in [0.15, 0.2) is 0 Å². The Hall–Kier alpha value is -3.85. The minimum Gasteiger partial charge on any atom is -0.494 e. The molecule has 2 aliphatic rings. The molecule has 3 aromatic rings. The molecule has 2 amide bonds. The average Bonchev–Trinajstić information content (AvgIpc) is 3.24. The molecular weight excluding hydrogens is 502 g/mol. The molecule has 0 aromatic heterocycles. The Labute approximate surface area is 227 Å². The van der Waals surface area contributed by atoms with Crippen LogP contribution in [-0.2, 0) is 9.59 Å². The fraction of sp³-hybridized carbons (Fsp3) is 0.241. The third kappa shape index (κ3) is 5.67. The summed E-state index contributed by atoms with van der Waals surface area (Å²) in [6.45, 7) is 3.96. The molecule has 38 heavy (non-hydrogen) atoms. The zero-order valence-corrected chi connectivity index (χ0v) is 22.1. The molecule has 1 fully saturated rings. The number of fused-ring (bicyclic) bond motifs is 1. The summed E-state index contributed by atoms with van der Waals surface area (Å²) in [6, 6.07) is 20.5. The van der Waals surface area contributed by atoms with Crippen LogP contribution in [0.1, 0.15) is 11.1 Å². The summed E-state index contributed by atoms with van der Waals surface area (Å²) in [7, 11) is 3.65. The molecular formula is C29H30ClN5O3. The lowest BCUT2D eigenvalue weighted by molar-refractivity contribution is -0.117. The van der Waals surface area contributed by atoms with Crippen LogP contribution in [0.4, 0.5) is 17.1 Å². The third-order valence-corrected chi connectivity index (χ3v) is 6.98. The number of benzene rings is 3. The van der Waals surface area contributed by atoms with Crippen molar-refractivity contribution in [1.29, 1.82) is 0 Å². The second kappa shape index (κ2) is 11.3. The topological polar surface area (TPSA) is 85.9 Å². The van der Waals surface area contributed by atoms with E-state index < -0.39 is 0 Å². The van der Waals surface area contributed by atoms with Crippen LogP contribution in [0.3, 0.4) is 0 Å². The lowest BCUT2D eigenvalue weighted by Gasteiger charge is -2.31. The highest BCUT2D eigenvalue weighted by molar-refractivity contribution is 6.38. The van der Waals surface area contributed by atoms with Gasteiger partial charge in [0.05, 0.1) is 36.3 Å². The Morgan fingerprint density at radius 1 is 1.00 bits per heavy atom. The molecule has 0 atom stereocenters. The van der Waals surface area contributed by atoms with Gasteiger partial charge in [-0.1, -0.05) is 48.0 Å². The third-order valence-electron chi connectivity index (χ3n) is 6.75. The molecule has 2 heterocycles. The predicted octanol–water partition coefficient (Wildman–Crippen LogP) is 4.47. The van der Waals surface area contributed by atoms with Crippen molar-refractivity contribution in [3.8, 4) is 5.75 Å². The number of carbonyl (C=O) groups is 2. The first kappa shape index (κ1) is 25.8. The number of hydrogen-bond acceptors (Lipinski definition) is 6. The Balaban J connectivity index is 1.42. The maximum absolute atomic E-state index is 13.1. The lowest BCUT2D eigenvalue weighted by Crippen LogP contribution is -2.47. The second-order valence-electron chi connectivity index (χ2n) is 9.43. The Morgan fingerprint density at radius 3 is 2.50 bits per heavy atom. The van der Waals surface area contributed by atoms with Crippen molar-refractivity contribution in [3.05, 3.63) is 82.9 Å². The smallest absolute Gasteiger partial charge is 0.258 e. The van der Waals surface area contributed by atoms with Crippen LogP contribution in [0.25, 0.3) is 11.3 Å². The van der Waals surface area contributed by atoms with Crippen molar-refractivity contribution in [2.45, 2.75) is 0 Å². The minimum absolute atomic E-state index is 0.0847. The maximum Gasteiger partial charge on any atom is 0.258 e. The van der Waals surface area contributed by atoms with Crippen LogP contribution >= 0.6 is 11.6 Å². The molecule has 3 aromatic carbocycles. The quantitative estimate of drug-likeness (QED) is 0.390. The number of ether oxygens (including phenoxy) is 1. The molecule has 3 N–H and O–H groups in total. The van der Waals surface area contributed by atoms with Crippen molar-refractivity contribution in [3.63, 3.8) is 0 Å². The van der Waals surface area contributed by atoms with Crippen molar-refractivity contribution in [2.24, 2.45) is 0 Å². The Morgan fingerprint density at radius 2 is 1.76 bits per heavy atom. The van der Waals surface area contributed by atoms with Gasteiger partial charge in [-0.15, -0.1) is 0 Å². The largest absolute Gasteiger partial charge is 0.494 e. The number of methoxy groups -OCH3 is 1. The van der Waals surface area contributed by atoms with E-state index in [0.717, 1.165) is 37.3 Å². The van der Waals surface area contributed by atoms with Crippen molar-refractivity contribution < 1.29 is 14.3 Å². The molecule has 8 nitrogen and oxygen atoms in total. The van der Waals surface area contributed by atoms with Gasteiger partial charge >= 0.3 is 0 Å². The van der Waals surface area contributed by atoms with Crippen molar-refractivity contribution in [1.82, 2.24) is 9.80 Å². The molecule has 0 aliphatic carbocycles. The zero-order chi connectivity index (χ0) is 26.6. The van der Waals surface area contributed by atoms with Crippen LogP contribution < -0.4 is 20.7 Å². The number of halogens is 1. The van der Waals surface area contributed by atoms with Crippen molar-refractivity contribution in [2.75, 3.05) is 62.8 Å². The van der Waals surface area contributed by atoms with E-state index >= 15 is 0 Å². The number of anilines is 3. The van der Waals surface area contributed by atoms with Gasteiger partial charge in [-0.25, -0.2) is 0 Å². The molecule has 0 saturated carbocycles. The summed E-state index contributed by atoms with van der Waals surface area (Å²) in [5, 5.41) is 9.87. The number of nitrogens with zero attached hydrogens (tertiary/aromatic N) is 2. The van der Waals surface area contributed by atoms with Crippen molar-refractivity contribution >= 4 is 51.7 Å². The van der Waals surface area contributed by atoms with E-state index in [1.165, 1.54) is 0 Å². The molecule has 2 aliphatic heterocycles. The average molecular weight is 532 g/mol. The highest BCUT2D eigenvalue weighted by Gasteiger charge is 2.29. The van der Waals surface area contributed by atoms with Crippen LogP contribution in [0.5, 0.6) is 5.75 Å². The second-order valence-corrected chi connectivity index (χ2v) is 9.86. The summed E-state index contributed by atoms with van der Waals surface area (Å²) in [6.07, 6.45) is 0. The molecule has 1 saturated heterocycles. The van der Waals surface area contributed by atoms with Crippen LogP contribution in [0.2, 0.25) is 5.02 Å². The molecule has 0 spiro atoms. The fourth-order valence-electron chi connectivity index (χ4n) is 4.69. The molecule has 196 valence electrons. The van der Waals surface area contributed by atoms with Gasteiger partial charge < -0.3 is 25.6 Å². The minimum atomic E-state index is -0.214. The van der Waals surface area contributed by atoms with Crippen LogP contribution in [-0.4, -0.2) is 68.5 Å². The highest BCUT2D eigenvalue weighted by Crippen LogP contribution is 2.39. The first-order chi connectivity index (χ1) is 18.4. The van der Waals surface area contributed by atoms with E-state index in [0.29, 0.717) is 45.6 Å². The van der Waals surface area contributed by atoms with Gasteiger partial charge in [0.2, 0.25) is 5.91 Å². The van der Waals surface area contributed by atoms with Gasteiger partial charge in [-0.05, 0) is 36.9 Å². The monoisotopic (exact) mass is 531 g/mol. The van der Waals surface area contributed by atoms with Crippen LogP contribution in [0.15, 0.2) is 66.7 Å². The fourth-order valence-corrected chi connectivity index (χ4v) is 4.86. The van der Waals surface area contributed by atoms with E-state index in [1.807, 2.05) is 48.5 Å². The number of likely N-dealkylation sites (N-methyl/N-ethyl adjacent to an activating group) is 1.